The summed E-state index contributed by atoms with van der Waals surface area (Å²) in [6.45, 7) is 5.30. The zero-order valence-corrected chi connectivity index (χ0v) is 11.4. The fourth-order valence-corrected chi connectivity index (χ4v) is 1.66. The zero-order valence-electron chi connectivity index (χ0n) is 11.4. The van der Waals surface area contributed by atoms with Crippen molar-refractivity contribution in [3.63, 3.8) is 0 Å². The second kappa shape index (κ2) is 6.91. The van der Waals surface area contributed by atoms with Gasteiger partial charge in [0.25, 0.3) is 0 Å². The van der Waals surface area contributed by atoms with E-state index in [-0.39, 0.29) is 11.7 Å². The lowest BCUT2D eigenvalue weighted by atomic mass is 10.2. The first-order chi connectivity index (χ1) is 9.01. The third-order valence-corrected chi connectivity index (χ3v) is 2.86. The number of hydrogen-bond donors (Lipinski definition) is 3. The molecule has 106 valence electrons. The van der Waals surface area contributed by atoms with Gasteiger partial charge in [0.1, 0.15) is 5.76 Å². The lowest BCUT2D eigenvalue weighted by Gasteiger charge is -2.18. The third kappa shape index (κ3) is 4.08. The number of likely N-dealkylation sites (N-methyl/N-ethyl adjacent to an activating group) is 2. The molecule has 0 unspecified atom stereocenters. The molecule has 0 aliphatic rings. The van der Waals surface area contributed by atoms with Gasteiger partial charge in [-0.25, -0.2) is 5.84 Å². The molecule has 0 fully saturated rings. The number of nitrogens with one attached hydrogen (secondary N) is 2. The summed E-state index contributed by atoms with van der Waals surface area (Å²) in [6.07, 6.45) is 0. The minimum absolute atomic E-state index is 0.0528. The van der Waals surface area contributed by atoms with Gasteiger partial charge in [-0.15, -0.1) is 0 Å². The summed E-state index contributed by atoms with van der Waals surface area (Å²) in [5.41, 5.74) is 2.89. The SMILES string of the molecule is CCN(CC(=O)NC)Cc1cc(C(=O)NN)oc1C. The molecular formula is C12H20N4O3. The van der Waals surface area contributed by atoms with Crippen molar-refractivity contribution in [1.29, 1.82) is 0 Å². The predicted molar refractivity (Wildman–Crippen MR) is 70.1 cm³/mol. The van der Waals surface area contributed by atoms with E-state index >= 15 is 0 Å². The predicted octanol–water partition coefficient (Wildman–Crippen LogP) is -0.241. The average Bonchev–Trinajstić information content (AvgIpc) is 2.78. The summed E-state index contributed by atoms with van der Waals surface area (Å²) >= 11 is 0. The number of amides is 2. The Labute approximate surface area is 112 Å². The van der Waals surface area contributed by atoms with Gasteiger partial charge in [0, 0.05) is 19.2 Å². The number of nitrogens with two attached hydrogens (primary N) is 1. The summed E-state index contributed by atoms with van der Waals surface area (Å²) in [5.74, 6) is 5.35. The fourth-order valence-electron chi connectivity index (χ4n) is 1.66. The molecule has 0 aliphatic heterocycles. The highest BCUT2D eigenvalue weighted by Gasteiger charge is 2.16. The summed E-state index contributed by atoms with van der Waals surface area (Å²) in [5, 5.41) is 2.58. The largest absolute Gasteiger partial charge is 0.456 e. The van der Waals surface area contributed by atoms with Crippen LogP contribution in [0.3, 0.4) is 0 Å². The molecule has 0 aromatic carbocycles. The highest BCUT2D eigenvalue weighted by Crippen LogP contribution is 2.16. The van der Waals surface area contributed by atoms with Crippen molar-refractivity contribution in [1.82, 2.24) is 15.6 Å². The zero-order chi connectivity index (χ0) is 14.4. The standard InChI is InChI=1S/C12H20N4O3/c1-4-16(7-11(17)14-3)6-9-5-10(12(18)15-13)19-8(9)2/h5H,4,6-7,13H2,1-3H3,(H,14,17)(H,15,18). The van der Waals surface area contributed by atoms with Crippen molar-refractivity contribution in [2.45, 2.75) is 20.4 Å². The number of carbonyl (C=O) groups excluding carboxylic acids is 2. The number of furan rings is 1. The number of carbonyl (C=O) groups is 2. The fraction of sp³-hybridized carbons (Fsp3) is 0.500. The van der Waals surface area contributed by atoms with Crippen LogP contribution in [-0.4, -0.2) is 36.9 Å². The Morgan fingerprint density at radius 1 is 1.47 bits per heavy atom. The lowest BCUT2D eigenvalue weighted by Crippen LogP contribution is -2.35. The van der Waals surface area contributed by atoms with Crippen molar-refractivity contribution >= 4 is 11.8 Å². The van der Waals surface area contributed by atoms with E-state index in [2.05, 4.69) is 5.32 Å². The quantitative estimate of drug-likeness (QED) is 0.375. The molecule has 0 atom stereocenters. The minimum Gasteiger partial charge on any atom is -0.456 e. The van der Waals surface area contributed by atoms with Crippen molar-refractivity contribution in [3.05, 3.63) is 23.2 Å². The molecule has 0 bridgehead atoms. The van der Waals surface area contributed by atoms with Crippen LogP contribution in [-0.2, 0) is 11.3 Å². The van der Waals surface area contributed by atoms with Gasteiger partial charge < -0.3 is 9.73 Å². The molecule has 1 heterocycles. The van der Waals surface area contributed by atoms with Gasteiger partial charge in [0.05, 0.1) is 6.54 Å². The molecule has 7 heteroatoms. The van der Waals surface area contributed by atoms with E-state index < -0.39 is 5.91 Å². The monoisotopic (exact) mass is 268 g/mol. The van der Waals surface area contributed by atoms with Gasteiger partial charge in [-0.2, -0.15) is 0 Å². The van der Waals surface area contributed by atoms with Gasteiger partial charge in [-0.3, -0.25) is 19.9 Å². The molecule has 1 aromatic heterocycles. The molecule has 19 heavy (non-hydrogen) atoms. The van der Waals surface area contributed by atoms with Crippen LogP contribution in [0.4, 0.5) is 0 Å². The second-order valence-corrected chi connectivity index (χ2v) is 4.14. The number of rotatable bonds is 6. The maximum Gasteiger partial charge on any atom is 0.300 e. The van der Waals surface area contributed by atoms with Crippen molar-refractivity contribution in [2.75, 3.05) is 20.1 Å². The Kier molecular flexibility index (Phi) is 5.53. The van der Waals surface area contributed by atoms with Gasteiger partial charge in [0.15, 0.2) is 5.76 Å². The molecule has 0 aliphatic carbocycles. The van der Waals surface area contributed by atoms with Crippen LogP contribution < -0.4 is 16.6 Å². The Hall–Kier alpha value is -1.86. The Morgan fingerprint density at radius 2 is 2.16 bits per heavy atom. The number of aryl methyl sites for hydroxylation is 1. The second-order valence-electron chi connectivity index (χ2n) is 4.14. The van der Waals surface area contributed by atoms with Crippen LogP contribution >= 0.6 is 0 Å². The third-order valence-electron chi connectivity index (χ3n) is 2.86. The summed E-state index contributed by atoms with van der Waals surface area (Å²) < 4.78 is 5.32. The van der Waals surface area contributed by atoms with Crippen LogP contribution in [0.1, 0.15) is 28.8 Å². The number of nitrogen functional groups attached to an aromatic ring is 1. The summed E-state index contributed by atoms with van der Waals surface area (Å²) in [4.78, 5) is 24.7. The van der Waals surface area contributed by atoms with Crippen LogP contribution in [0.25, 0.3) is 0 Å². The normalized spacial score (nSPS) is 10.6. The minimum atomic E-state index is -0.469. The molecule has 0 radical (unpaired) electrons. The lowest BCUT2D eigenvalue weighted by molar-refractivity contribution is -0.121. The van der Waals surface area contributed by atoms with Crippen LogP contribution in [0.15, 0.2) is 10.5 Å². The summed E-state index contributed by atoms with van der Waals surface area (Å²) in [6, 6.07) is 1.64. The molecular weight excluding hydrogens is 248 g/mol. The molecule has 7 nitrogen and oxygen atoms in total. The topological polar surface area (TPSA) is 101 Å². The molecule has 2 amide bonds. The molecule has 0 saturated carbocycles. The number of hydrogen-bond acceptors (Lipinski definition) is 5. The smallest absolute Gasteiger partial charge is 0.300 e. The van der Waals surface area contributed by atoms with Gasteiger partial charge in [-0.1, -0.05) is 6.92 Å². The summed E-state index contributed by atoms with van der Waals surface area (Å²) in [7, 11) is 1.60. The molecule has 0 saturated heterocycles. The van der Waals surface area contributed by atoms with E-state index in [9.17, 15) is 9.59 Å². The maximum absolute atomic E-state index is 11.4. The Balaban J connectivity index is 2.77. The molecule has 1 rings (SSSR count). The van der Waals surface area contributed by atoms with E-state index in [0.29, 0.717) is 18.8 Å². The van der Waals surface area contributed by atoms with Crippen molar-refractivity contribution < 1.29 is 14.0 Å². The van der Waals surface area contributed by atoms with E-state index in [1.165, 1.54) is 0 Å². The van der Waals surface area contributed by atoms with Gasteiger partial charge >= 0.3 is 5.91 Å². The van der Waals surface area contributed by atoms with Crippen molar-refractivity contribution in [2.24, 2.45) is 5.84 Å². The average molecular weight is 268 g/mol. The Bertz CT molecular complexity index is 456. The maximum atomic E-state index is 11.4. The first-order valence-electron chi connectivity index (χ1n) is 6.05. The van der Waals surface area contributed by atoms with Gasteiger partial charge in [0.2, 0.25) is 5.91 Å². The first-order valence-corrected chi connectivity index (χ1v) is 6.05. The van der Waals surface area contributed by atoms with E-state index in [1.807, 2.05) is 17.2 Å². The first kappa shape index (κ1) is 15.2. The number of hydrazine groups is 1. The van der Waals surface area contributed by atoms with E-state index in [4.69, 9.17) is 10.3 Å². The Morgan fingerprint density at radius 3 is 2.68 bits per heavy atom. The van der Waals surface area contributed by atoms with Crippen LogP contribution in [0.2, 0.25) is 0 Å². The van der Waals surface area contributed by atoms with Crippen LogP contribution in [0.5, 0.6) is 0 Å². The molecule has 1 aromatic rings. The van der Waals surface area contributed by atoms with E-state index in [1.54, 1.807) is 20.0 Å². The van der Waals surface area contributed by atoms with Gasteiger partial charge in [-0.05, 0) is 19.5 Å². The highest BCUT2D eigenvalue weighted by molar-refractivity contribution is 5.91. The number of nitrogens with zero attached hydrogens (tertiary/aromatic N) is 1. The highest BCUT2D eigenvalue weighted by atomic mass is 16.4. The molecule has 4 N–H and O–H groups in total. The molecule has 0 spiro atoms. The van der Waals surface area contributed by atoms with Crippen molar-refractivity contribution in [3.8, 4) is 0 Å². The van der Waals surface area contributed by atoms with Crippen LogP contribution in [0, 0.1) is 6.92 Å². The van der Waals surface area contributed by atoms with E-state index in [0.717, 1.165) is 12.1 Å².